The second kappa shape index (κ2) is 6.10. The lowest BCUT2D eigenvalue weighted by Gasteiger charge is -2.13. The van der Waals surface area contributed by atoms with Gasteiger partial charge in [-0.3, -0.25) is 0 Å². The SMILES string of the molecule is CCc1c(C(=O)O)ccc(O)c1OCC=C(C)C. The molecule has 18 heavy (non-hydrogen) atoms. The Morgan fingerprint density at radius 3 is 2.56 bits per heavy atom. The number of carboxylic acid groups (broad SMARTS) is 1. The van der Waals surface area contributed by atoms with E-state index in [0.717, 1.165) is 5.57 Å². The van der Waals surface area contributed by atoms with Crippen molar-refractivity contribution in [2.75, 3.05) is 6.61 Å². The fraction of sp³-hybridized carbons (Fsp3) is 0.357. The van der Waals surface area contributed by atoms with E-state index < -0.39 is 5.97 Å². The molecule has 0 saturated heterocycles. The molecule has 0 unspecified atom stereocenters. The van der Waals surface area contributed by atoms with Crippen molar-refractivity contribution in [1.82, 2.24) is 0 Å². The smallest absolute Gasteiger partial charge is 0.336 e. The van der Waals surface area contributed by atoms with E-state index in [1.807, 2.05) is 26.8 Å². The Morgan fingerprint density at radius 1 is 1.39 bits per heavy atom. The Bertz CT molecular complexity index is 471. The van der Waals surface area contributed by atoms with E-state index in [-0.39, 0.29) is 17.1 Å². The molecule has 1 aromatic rings. The number of phenolic OH excluding ortho intramolecular Hbond substituents is 1. The van der Waals surface area contributed by atoms with Crippen molar-refractivity contribution in [2.24, 2.45) is 0 Å². The van der Waals surface area contributed by atoms with Crippen LogP contribution in [0.4, 0.5) is 0 Å². The van der Waals surface area contributed by atoms with Crippen molar-refractivity contribution in [3.63, 3.8) is 0 Å². The van der Waals surface area contributed by atoms with Crippen LogP contribution in [0, 0.1) is 0 Å². The molecule has 0 radical (unpaired) electrons. The van der Waals surface area contributed by atoms with Crippen molar-refractivity contribution in [2.45, 2.75) is 27.2 Å². The van der Waals surface area contributed by atoms with Crippen LogP contribution in [0.25, 0.3) is 0 Å². The lowest BCUT2D eigenvalue weighted by molar-refractivity contribution is 0.0695. The highest BCUT2D eigenvalue weighted by atomic mass is 16.5. The summed E-state index contributed by atoms with van der Waals surface area (Å²) in [6, 6.07) is 2.74. The molecule has 0 fully saturated rings. The minimum Gasteiger partial charge on any atom is -0.504 e. The number of rotatable bonds is 5. The summed E-state index contributed by atoms with van der Waals surface area (Å²) in [5, 5.41) is 18.8. The van der Waals surface area contributed by atoms with Gasteiger partial charge in [0.2, 0.25) is 0 Å². The summed E-state index contributed by atoms with van der Waals surface area (Å²) < 4.78 is 5.47. The van der Waals surface area contributed by atoms with Crippen molar-refractivity contribution in [3.8, 4) is 11.5 Å². The second-order valence-corrected chi connectivity index (χ2v) is 4.19. The van der Waals surface area contributed by atoms with Crippen LogP contribution < -0.4 is 4.74 Å². The molecule has 1 rings (SSSR count). The van der Waals surface area contributed by atoms with Gasteiger partial charge in [-0.1, -0.05) is 12.5 Å². The van der Waals surface area contributed by atoms with Gasteiger partial charge in [0.15, 0.2) is 11.5 Å². The minimum absolute atomic E-state index is 0.0287. The van der Waals surface area contributed by atoms with Gasteiger partial charge in [-0.2, -0.15) is 0 Å². The average molecular weight is 250 g/mol. The van der Waals surface area contributed by atoms with Crippen molar-refractivity contribution in [3.05, 3.63) is 34.9 Å². The van der Waals surface area contributed by atoms with Gasteiger partial charge in [0.1, 0.15) is 6.61 Å². The van der Waals surface area contributed by atoms with Crippen molar-refractivity contribution < 1.29 is 19.7 Å². The summed E-state index contributed by atoms with van der Waals surface area (Å²) in [6.07, 6.45) is 2.35. The van der Waals surface area contributed by atoms with Gasteiger partial charge in [0, 0.05) is 5.56 Å². The van der Waals surface area contributed by atoms with Gasteiger partial charge in [0.25, 0.3) is 0 Å². The van der Waals surface area contributed by atoms with E-state index in [1.54, 1.807) is 0 Å². The summed E-state index contributed by atoms with van der Waals surface area (Å²) in [7, 11) is 0. The number of benzene rings is 1. The van der Waals surface area contributed by atoms with E-state index in [0.29, 0.717) is 18.6 Å². The number of phenols is 1. The lowest BCUT2D eigenvalue weighted by Crippen LogP contribution is -2.06. The maximum absolute atomic E-state index is 11.1. The lowest BCUT2D eigenvalue weighted by atomic mass is 10.0. The number of carbonyl (C=O) groups is 1. The molecule has 1 aromatic carbocycles. The van der Waals surface area contributed by atoms with E-state index in [9.17, 15) is 9.90 Å². The fourth-order valence-electron chi connectivity index (χ4n) is 1.62. The van der Waals surface area contributed by atoms with Crippen LogP contribution in [-0.4, -0.2) is 22.8 Å². The summed E-state index contributed by atoms with van der Waals surface area (Å²) in [5.74, 6) is -0.784. The van der Waals surface area contributed by atoms with Gasteiger partial charge < -0.3 is 14.9 Å². The first-order chi connectivity index (χ1) is 8.47. The molecular formula is C14H18O4. The topological polar surface area (TPSA) is 66.8 Å². The Hall–Kier alpha value is -1.97. The van der Waals surface area contributed by atoms with Crippen LogP contribution in [0.2, 0.25) is 0 Å². The standard InChI is InChI=1S/C14H18O4/c1-4-10-11(14(16)17)5-6-12(15)13(10)18-8-7-9(2)3/h5-7,15H,4,8H2,1-3H3,(H,16,17). The first kappa shape index (κ1) is 14.1. The number of carboxylic acids is 1. The summed E-state index contributed by atoms with van der Waals surface area (Å²) in [4.78, 5) is 11.1. The number of allylic oxidation sites excluding steroid dienone is 1. The number of ether oxygens (including phenoxy) is 1. The van der Waals surface area contributed by atoms with Gasteiger partial charge in [-0.25, -0.2) is 4.79 Å². The van der Waals surface area contributed by atoms with E-state index in [1.165, 1.54) is 12.1 Å². The molecule has 98 valence electrons. The highest BCUT2D eigenvalue weighted by Crippen LogP contribution is 2.33. The van der Waals surface area contributed by atoms with Gasteiger partial charge in [-0.05, 0) is 38.5 Å². The third-order valence-corrected chi connectivity index (χ3v) is 2.54. The molecule has 4 nitrogen and oxygen atoms in total. The molecule has 0 amide bonds. The second-order valence-electron chi connectivity index (χ2n) is 4.19. The third kappa shape index (κ3) is 3.26. The van der Waals surface area contributed by atoms with E-state index in [2.05, 4.69) is 0 Å². The van der Waals surface area contributed by atoms with Gasteiger partial charge in [-0.15, -0.1) is 0 Å². The molecule has 0 saturated carbocycles. The van der Waals surface area contributed by atoms with Crippen molar-refractivity contribution in [1.29, 1.82) is 0 Å². The molecule has 0 spiro atoms. The Morgan fingerprint density at radius 2 is 2.06 bits per heavy atom. The molecule has 0 aromatic heterocycles. The number of aromatic carboxylic acids is 1. The summed E-state index contributed by atoms with van der Waals surface area (Å²) in [5.41, 5.74) is 1.79. The summed E-state index contributed by atoms with van der Waals surface area (Å²) >= 11 is 0. The zero-order valence-corrected chi connectivity index (χ0v) is 10.9. The van der Waals surface area contributed by atoms with Crippen LogP contribution in [-0.2, 0) is 6.42 Å². The zero-order chi connectivity index (χ0) is 13.7. The first-order valence-electron chi connectivity index (χ1n) is 5.81. The summed E-state index contributed by atoms with van der Waals surface area (Å²) in [6.45, 7) is 6.02. The molecule has 4 heteroatoms. The maximum Gasteiger partial charge on any atom is 0.336 e. The molecule has 0 atom stereocenters. The normalized spacial score (nSPS) is 9.94. The molecule has 0 heterocycles. The monoisotopic (exact) mass is 250 g/mol. The van der Waals surface area contributed by atoms with E-state index >= 15 is 0 Å². The van der Waals surface area contributed by atoms with Gasteiger partial charge in [0.05, 0.1) is 5.56 Å². The molecule has 0 bridgehead atoms. The van der Waals surface area contributed by atoms with Crippen LogP contribution >= 0.6 is 0 Å². The molecule has 0 aliphatic rings. The Labute approximate surface area is 107 Å². The number of hydrogen-bond acceptors (Lipinski definition) is 3. The highest BCUT2D eigenvalue weighted by molar-refractivity contribution is 5.90. The molecule has 0 aliphatic heterocycles. The maximum atomic E-state index is 11.1. The first-order valence-corrected chi connectivity index (χ1v) is 5.81. The predicted molar refractivity (Wildman–Crippen MR) is 69.4 cm³/mol. The Balaban J connectivity index is 3.11. The van der Waals surface area contributed by atoms with Crippen molar-refractivity contribution >= 4 is 5.97 Å². The third-order valence-electron chi connectivity index (χ3n) is 2.54. The van der Waals surface area contributed by atoms with Crippen LogP contribution in [0.5, 0.6) is 11.5 Å². The molecular weight excluding hydrogens is 232 g/mol. The zero-order valence-electron chi connectivity index (χ0n) is 10.9. The fourth-order valence-corrected chi connectivity index (χ4v) is 1.62. The average Bonchev–Trinajstić information content (AvgIpc) is 2.29. The predicted octanol–water partition coefficient (Wildman–Crippen LogP) is 3.00. The largest absolute Gasteiger partial charge is 0.504 e. The number of aromatic hydroxyl groups is 1. The molecule has 2 N–H and O–H groups in total. The minimum atomic E-state index is -1.01. The van der Waals surface area contributed by atoms with Crippen LogP contribution in [0.1, 0.15) is 36.7 Å². The quantitative estimate of drug-likeness (QED) is 0.788. The van der Waals surface area contributed by atoms with Crippen LogP contribution in [0.3, 0.4) is 0 Å². The van der Waals surface area contributed by atoms with E-state index in [4.69, 9.17) is 9.84 Å². The van der Waals surface area contributed by atoms with Gasteiger partial charge >= 0.3 is 5.97 Å². The Kier molecular flexibility index (Phi) is 4.77. The molecule has 0 aliphatic carbocycles. The van der Waals surface area contributed by atoms with Crippen LogP contribution in [0.15, 0.2) is 23.8 Å². The number of hydrogen-bond donors (Lipinski definition) is 2. The highest BCUT2D eigenvalue weighted by Gasteiger charge is 2.17.